The second-order valence-corrected chi connectivity index (χ2v) is 3.43. The first-order valence-electron chi connectivity index (χ1n) is 3.72. The Hall–Kier alpha value is -1.36. The van der Waals surface area contributed by atoms with Crippen LogP contribution in [0.2, 0.25) is 0 Å². The Kier molecular flexibility index (Phi) is 3.24. The molecule has 0 saturated carbocycles. The van der Waals surface area contributed by atoms with Gasteiger partial charge in [-0.2, -0.15) is 0 Å². The molecular weight excluding hydrogens is 250 g/mol. The summed E-state index contributed by atoms with van der Waals surface area (Å²) >= 11 is 3.14. The lowest BCUT2D eigenvalue weighted by atomic mass is 10.1. The first-order chi connectivity index (χ1) is 6.60. The summed E-state index contributed by atoms with van der Waals surface area (Å²) < 4.78 is 5.02. The Labute approximate surface area is 89.2 Å². The number of aldehydes is 1. The quantitative estimate of drug-likeness (QED) is 0.497. The molecule has 1 rings (SSSR count). The third-order valence-electron chi connectivity index (χ3n) is 1.69. The Morgan fingerprint density at radius 3 is 2.71 bits per heavy atom. The number of hydrogen-bond donors (Lipinski definition) is 1. The van der Waals surface area contributed by atoms with Crippen molar-refractivity contribution in [3.63, 3.8) is 0 Å². The van der Waals surface area contributed by atoms with Crippen LogP contribution in [0, 0.1) is 0 Å². The van der Waals surface area contributed by atoms with E-state index in [1.807, 2.05) is 0 Å². The first kappa shape index (κ1) is 10.7. The van der Waals surface area contributed by atoms with Crippen LogP contribution >= 0.6 is 15.9 Å². The molecule has 0 spiro atoms. The lowest BCUT2D eigenvalue weighted by Gasteiger charge is -2.06. The number of esters is 1. The highest BCUT2D eigenvalue weighted by Gasteiger charge is 2.13. The van der Waals surface area contributed by atoms with Gasteiger partial charge < -0.3 is 10.5 Å². The second-order valence-electron chi connectivity index (χ2n) is 2.57. The molecule has 0 aromatic heterocycles. The molecule has 0 aliphatic carbocycles. The number of halogens is 1. The summed E-state index contributed by atoms with van der Waals surface area (Å²) in [5.41, 5.74) is 6.44. The molecule has 74 valence electrons. The van der Waals surface area contributed by atoms with Gasteiger partial charge >= 0.3 is 5.97 Å². The number of methoxy groups -OCH3 is 1. The zero-order valence-electron chi connectivity index (χ0n) is 7.41. The van der Waals surface area contributed by atoms with E-state index in [4.69, 9.17) is 5.73 Å². The van der Waals surface area contributed by atoms with E-state index in [1.54, 1.807) is 0 Å². The van der Waals surface area contributed by atoms with Crippen molar-refractivity contribution in [2.45, 2.75) is 0 Å². The highest BCUT2D eigenvalue weighted by Crippen LogP contribution is 2.25. The average molecular weight is 258 g/mol. The third kappa shape index (κ3) is 1.93. The molecule has 0 saturated heterocycles. The molecule has 0 radical (unpaired) electrons. The van der Waals surface area contributed by atoms with Gasteiger partial charge in [0.25, 0.3) is 0 Å². The molecule has 0 heterocycles. The fraction of sp³-hybridized carbons (Fsp3) is 0.111. The van der Waals surface area contributed by atoms with E-state index in [0.717, 1.165) is 0 Å². The van der Waals surface area contributed by atoms with Crippen LogP contribution in [-0.2, 0) is 4.74 Å². The summed E-state index contributed by atoms with van der Waals surface area (Å²) in [6.45, 7) is 0. The van der Waals surface area contributed by atoms with Gasteiger partial charge in [0.1, 0.15) is 6.29 Å². The fourth-order valence-corrected chi connectivity index (χ4v) is 1.46. The number of rotatable bonds is 2. The van der Waals surface area contributed by atoms with Gasteiger partial charge in [0, 0.05) is 10.0 Å². The first-order valence-corrected chi connectivity index (χ1v) is 4.52. The summed E-state index contributed by atoms with van der Waals surface area (Å²) in [6.07, 6.45) is 0.636. The molecule has 0 fully saturated rings. The Morgan fingerprint density at radius 2 is 2.21 bits per heavy atom. The van der Waals surface area contributed by atoms with Crippen LogP contribution in [0.4, 0.5) is 5.69 Å². The van der Waals surface area contributed by atoms with Crippen LogP contribution in [-0.4, -0.2) is 19.4 Å². The van der Waals surface area contributed by atoms with Crippen molar-refractivity contribution >= 4 is 33.9 Å². The van der Waals surface area contributed by atoms with E-state index in [2.05, 4.69) is 20.7 Å². The fourth-order valence-electron chi connectivity index (χ4n) is 0.986. The summed E-state index contributed by atoms with van der Waals surface area (Å²) in [7, 11) is 1.25. The SMILES string of the molecule is COC(=O)c1cc(C=O)cc(Br)c1N. The zero-order chi connectivity index (χ0) is 10.7. The van der Waals surface area contributed by atoms with E-state index in [1.165, 1.54) is 19.2 Å². The minimum absolute atomic E-state index is 0.184. The molecule has 0 unspecified atom stereocenters. The summed E-state index contributed by atoms with van der Waals surface area (Å²) in [6, 6.07) is 2.92. The van der Waals surface area contributed by atoms with E-state index >= 15 is 0 Å². The Bertz CT molecular complexity index is 390. The van der Waals surface area contributed by atoms with Crippen molar-refractivity contribution in [1.82, 2.24) is 0 Å². The monoisotopic (exact) mass is 257 g/mol. The van der Waals surface area contributed by atoms with Gasteiger partial charge in [-0.15, -0.1) is 0 Å². The molecule has 4 nitrogen and oxygen atoms in total. The lowest BCUT2D eigenvalue weighted by molar-refractivity contribution is 0.0602. The van der Waals surface area contributed by atoms with Gasteiger partial charge in [-0.1, -0.05) is 0 Å². The maximum atomic E-state index is 11.2. The van der Waals surface area contributed by atoms with Gasteiger partial charge in [-0.05, 0) is 28.1 Å². The molecule has 1 aromatic carbocycles. The number of carbonyl (C=O) groups excluding carboxylic acids is 2. The molecule has 2 N–H and O–H groups in total. The minimum Gasteiger partial charge on any atom is -0.465 e. The number of carbonyl (C=O) groups is 2. The predicted molar refractivity (Wildman–Crippen MR) is 55.3 cm³/mol. The van der Waals surface area contributed by atoms with Crippen LogP contribution in [0.5, 0.6) is 0 Å². The van der Waals surface area contributed by atoms with Crippen LogP contribution in [0.1, 0.15) is 20.7 Å². The summed E-state index contributed by atoms with van der Waals surface area (Å²) in [4.78, 5) is 21.7. The largest absolute Gasteiger partial charge is 0.465 e. The maximum Gasteiger partial charge on any atom is 0.340 e. The number of ether oxygens (including phenoxy) is 1. The topological polar surface area (TPSA) is 69.4 Å². The number of benzene rings is 1. The van der Waals surface area contributed by atoms with Crippen molar-refractivity contribution in [2.24, 2.45) is 0 Å². The van der Waals surface area contributed by atoms with E-state index < -0.39 is 5.97 Å². The van der Waals surface area contributed by atoms with E-state index in [9.17, 15) is 9.59 Å². The van der Waals surface area contributed by atoms with Gasteiger partial charge in [0.05, 0.1) is 18.4 Å². The molecular formula is C9H8BrNO3. The standard InChI is InChI=1S/C9H8BrNO3/c1-14-9(13)6-2-5(4-12)3-7(10)8(6)11/h2-4H,11H2,1H3. The average Bonchev–Trinajstić information content (AvgIpc) is 2.20. The van der Waals surface area contributed by atoms with Gasteiger partial charge in [0.2, 0.25) is 0 Å². The molecule has 5 heteroatoms. The molecule has 0 amide bonds. The maximum absolute atomic E-state index is 11.2. The van der Waals surface area contributed by atoms with Crippen molar-refractivity contribution in [2.75, 3.05) is 12.8 Å². The highest BCUT2D eigenvalue weighted by molar-refractivity contribution is 9.10. The van der Waals surface area contributed by atoms with E-state index in [-0.39, 0.29) is 11.3 Å². The number of nitrogen functional groups attached to an aromatic ring is 1. The third-order valence-corrected chi connectivity index (χ3v) is 2.35. The van der Waals surface area contributed by atoms with Gasteiger partial charge in [-0.25, -0.2) is 4.79 Å². The number of anilines is 1. The predicted octanol–water partition coefficient (Wildman–Crippen LogP) is 1.63. The van der Waals surface area contributed by atoms with Crippen LogP contribution in [0.25, 0.3) is 0 Å². The number of hydrogen-bond acceptors (Lipinski definition) is 4. The van der Waals surface area contributed by atoms with Crippen molar-refractivity contribution in [1.29, 1.82) is 0 Å². The molecule has 0 aliphatic heterocycles. The van der Waals surface area contributed by atoms with Crippen molar-refractivity contribution < 1.29 is 14.3 Å². The van der Waals surface area contributed by atoms with Gasteiger partial charge in [0.15, 0.2) is 0 Å². The van der Waals surface area contributed by atoms with Gasteiger partial charge in [-0.3, -0.25) is 4.79 Å². The Balaban J connectivity index is 3.33. The molecule has 1 aromatic rings. The second kappa shape index (κ2) is 4.23. The molecule has 14 heavy (non-hydrogen) atoms. The van der Waals surface area contributed by atoms with Crippen LogP contribution in [0.15, 0.2) is 16.6 Å². The van der Waals surface area contributed by atoms with E-state index in [0.29, 0.717) is 16.3 Å². The normalized spacial score (nSPS) is 9.57. The zero-order valence-corrected chi connectivity index (χ0v) is 9.00. The van der Waals surface area contributed by atoms with Crippen molar-refractivity contribution in [3.8, 4) is 0 Å². The van der Waals surface area contributed by atoms with Crippen LogP contribution in [0.3, 0.4) is 0 Å². The Morgan fingerprint density at radius 1 is 1.57 bits per heavy atom. The number of nitrogens with two attached hydrogens (primary N) is 1. The summed E-state index contributed by atoms with van der Waals surface area (Å²) in [5.74, 6) is -0.563. The smallest absolute Gasteiger partial charge is 0.340 e. The minimum atomic E-state index is -0.563. The van der Waals surface area contributed by atoms with Crippen molar-refractivity contribution in [3.05, 3.63) is 27.7 Å². The summed E-state index contributed by atoms with van der Waals surface area (Å²) in [5, 5.41) is 0. The lowest BCUT2D eigenvalue weighted by Crippen LogP contribution is -2.07. The molecule has 0 bridgehead atoms. The molecule has 0 aliphatic rings. The van der Waals surface area contributed by atoms with Crippen LogP contribution < -0.4 is 5.73 Å². The molecule has 0 atom stereocenters. The highest BCUT2D eigenvalue weighted by atomic mass is 79.9.